The first kappa shape index (κ1) is 20.6. The third kappa shape index (κ3) is 4.91. The van der Waals surface area contributed by atoms with Gasteiger partial charge in [0.25, 0.3) is 5.91 Å². The zero-order valence-electron chi connectivity index (χ0n) is 15.9. The molecule has 0 atom stereocenters. The van der Waals surface area contributed by atoms with Crippen molar-refractivity contribution in [2.75, 3.05) is 23.9 Å². The Morgan fingerprint density at radius 3 is 2.55 bits per heavy atom. The normalized spacial score (nSPS) is 17.3. The largest absolute Gasteiger partial charge is 0.495 e. The Morgan fingerprint density at radius 2 is 1.86 bits per heavy atom. The lowest BCUT2D eigenvalue weighted by atomic mass is 10.2. The maximum Gasteiger partial charge on any atom is 0.255 e. The molecule has 2 N–H and O–H groups in total. The Kier molecular flexibility index (Phi) is 6.10. The van der Waals surface area contributed by atoms with E-state index in [1.807, 2.05) is 41.7 Å². The van der Waals surface area contributed by atoms with Crippen LogP contribution in [-0.2, 0) is 10.0 Å². The SMILES string of the molecule is COc1ccc(C(=O)Nc2cccc(C3SCCS3)c2)cc1S(=O)(=O)NC1CC1. The van der Waals surface area contributed by atoms with Crippen molar-refractivity contribution in [3.8, 4) is 5.75 Å². The molecule has 0 aromatic heterocycles. The van der Waals surface area contributed by atoms with Gasteiger partial charge in [-0.05, 0) is 48.7 Å². The van der Waals surface area contributed by atoms with Crippen molar-refractivity contribution in [3.63, 3.8) is 0 Å². The van der Waals surface area contributed by atoms with Gasteiger partial charge in [-0.1, -0.05) is 12.1 Å². The van der Waals surface area contributed by atoms with Crippen molar-refractivity contribution in [1.29, 1.82) is 0 Å². The van der Waals surface area contributed by atoms with E-state index in [4.69, 9.17) is 4.74 Å². The van der Waals surface area contributed by atoms with Crippen molar-refractivity contribution < 1.29 is 17.9 Å². The van der Waals surface area contributed by atoms with Gasteiger partial charge in [-0.25, -0.2) is 13.1 Å². The fourth-order valence-electron chi connectivity index (χ4n) is 3.03. The molecule has 9 heteroatoms. The molecule has 0 radical (unpaired) electrons. The number of ether oxygens (including phenoxy) is 1. The molecule has 29 heavy (non-hydrogen) atoms. The van der Waals surface area contributed by atoms with Gasteiger partial charge in [-0.3, -0.25) is 4.79 Å². The van der Waals surface area contributed by atoms with Crippen LogP contribution in [0, 0.1) is 0 Å². The van der Waals surface area contributed by atoms with E-state index in [0.29, 0.717) is 10.3 Å². The zero-order chi connectivity index (χ0) is 20.4. The molecule has 1 aliphatic carbocycles. The fourth-order valence-corrected chi connectivity index (χ4v) is 7.37. The molecule has 0 unspecified atom stereocenters. The van der Waals surface area contributed by atoms with Crippen LogP contribution in [0.25, 0.3) is 0 Å². The first-order valence-electron chi connectivity index (χ1n) is 9.31. The van der Waals surface area contributed by atoms with Crippen LogP contribution in [0.15, 0.2) is 47.4 Å². The van der Waals surface area contributed by atoms with Crippen LogP contribution in [-0.4, -0.2) is 39.0 Å². The van der Waals surface area contributed by atoms with Gasteiger partial charge in [-0.2, -0.15) is 0 Å². The molecule has 2 fully saturated rings. The Bertz CT molecular complexity index is 1020. The maximum atomic E-state index is 12.8. The summed E-state index contributed by atoms with van der Waals surface area (Å²) in [5, 5.41) is 2.88. The van der Waals surface area contributed by atoms with Crippen LogP contribution in [0.5, 0.6) is 5.75 Å². The van der Waals surface area contributed by atoms with E-state index < -0.39 is 10.0 Å². The number of hydrogen-bond donors (Lipinski definition) is 2. The highest BCUT2D eigenvalue weighted by atomic mass is 32.2. The molecule has 1 amide bonds. The number of benzene rings is 2. The highest BCUT2D eigenvalue weighted by Gasteiger charge is 2.30. The van der Waals surface area contributed by atoms with Gasteiger partial charge in [0, 0.05) is 28.8 Å². The minimum Gasteiger partial charge on any atom is -0.495 e. The molecule has 2 aromatic rings. The van der Waals surface area contributed by atoms with E-state index in [9.17, 15) is 13.2 Å². The molecule has 1 saturated heterocycles. The Hall–Kier alpha value is -1.68. The van der Waals surface area contributed by atoms with Crippen LogP contribution in [0.2, 0.25) is 0 Å². The molecule has 4 rings (SSSR count). The average Bonchev–Trinajstić information content (AvgIpc) is 3.34. The number of thioether (sulfide) groups is 2. The van der Waals surface area contributed by atoms with E-state index in [-0.39, 0.29) is 28.2 Å². The number of carbonyl (C=O) groups excluding carboxylic acids is 1. The molecule has 1 aliphatic heterocycles. The van der Waals surface area contributed by atoms with Crippen molar-refractivity contribution >= 4 is 45.1 Å². The summed E-state index contributed by atoms with van der Waals surface area (Å²) in [6, 6.07) is 12.2. The smallest absolute Gasteiger partial charge is 0.255 e. The maximum absolute atomic E-state index is 12.8. The molecule has 2 aromatic carbocycles. The second-order valence-electron chi connectivity index (χ2n) is 6.91. The van der Waals surface area contributed by atoms with Crippen molar-refractivity contribution in [1.82, 2.24) is 4.72 Å². The van der Waals surface area contributed by atoms with Crippen LogP contribution < -0.4 is 14.8 Å². The molecule has 2 aliphatic rings. The Morgan fingerprint density at radius 1 is 1.10 bits per heavy atom. The third-order valence-electron chi connectivity index (χ3n) is 4.65. The standard InChI is InChI=1S/C20H22N2O4S3/c1-26-17-8-5-13(12-18(17)29(24,25)22-15-6-7-15)19(23)21-16-4-2-3-14(11-16)20-27-9-10-28-20/h2-5,8,11-12,15,20,22H,6-7,9-10H2,1H3,(H,21,23). The van der Waals surface area contributed by atoms with Gasteiger partial charge in [0.1, 0.15) is 10.6 Å². The first-order chi connectivity index (χ1) is 14.0. The number of rotatable bonds is 7. The fraction of sp³-hybridized carbons (Fsp3) is 0.350. The van der Waals surface area contributed by atoms with Crippen LogP contribution in [0.3, 0.4) is 0 Å². The lowest BCUT2D eigenvalue weighted by molar-refractivity contribution is 0.102. The molecule has 0 spiro atoms. The minimum absolute atomic E-state index is 0.0212. The van der Waals surface area contributed by atoms with Crippen LogP contribution in [0.4, 0.5) is 5.69 Å². The quantitative estimate of drug-likeness (QED) is 0.666. The van der Waals surface area contributed by atoms with Gasteiger partial charge >= 0.3 is 0 Å². The Balaban J connectivity index is 1.56. The van der Waals surface area contributed by atoms with Gasteiger partial charge in [0.2, 0.25) is 10.0 Å². The van der Waals surface area contributed by atoms with E-state index in [1.165, 1.54) is 24.8 Å². The summed E-state index contributed by atoms with van der Waals surface area (Å²) in [5.74, 6) is 2.11. The number of sulfonamides is 1. The second kappa shape index (κ2) is 8.59. The average molecular weight is 451 g/mol. The summed E-state index contributed by atoms with van der Waals surface area (Å²) in [6.45, 7) is 0. The molecule has 1 saturated carbocycles. The minimum atomic E-state index is -3.75. The van der Waals surface area contributed by atoms with Crippen molar-refractivity contribution in [3.05, 3.63) is 53.6 Å². The molecule has 0 bridgehead atoms. The second-order valence-corrected chi connectivity index (χ2v) is 11.3. The summed E-state index contributed by atoms with van der Waals surface area (Å²) in [7, 11) is -2.33. The highest BCUT2D eigenvalue weighted by molar-refractivity contribution is 8.19. The summed E-state index contributed by atoms with van der Waals surface area (Å²) in [5.41, 5.74) is 2.12. The number of anilines is 1. The number of methoxy groups -OCH3 is 1. The van der Waals surface area contributed by atoms with E-state index >= 15 is 0 Å². The summed E-state index contributed by atoms with van der Waals surface area (Å²) < 4.78 is 33.5. The summed E-state index contributed by atoms with van der Waals surface area (Å²) >= 11 is 3.80. The summed E-state index contributed by atoms with van der Waals surface area (Å²) in [6.07, 6.45) is 1.66. The van der Waals surface area contributed by atoms with E-state index in [2.05, 4.69) is 16.1 Å². The Labute approximate surface area is 179 Å². The summed E-state index contributed by atoms with van der Waals surface area (Å²) in [4.78, 5) is 12.8. The van der Waals surface area contributed by atoms with E-state index in [0.717, 1.165) is 24.3 Å². The monoisotopic (exact) mass is 450 g/mol. The number of carbonyl (C=O) groups is 1. The zero-order valence-corrected chi connectivity index (χ0v) is 18.3. The van der Waals surface area contributed by atoms with Gasteiger partial charge in [-0.15, -0.1) is 23.5 Å². The van der Waals surface area contributed by atoms with Gasteiger partial charge < -0.3 is 10.1 Å². The predicted molar refractivity (Wildman–Crippen MR) is 118 cm³/mol. The van der Waals surface area contributed by atoms with Crippen LogP contribution in [0.1, 0.15) is 33.3 Å². The van der Waals surface area contributed by atoms with Gasteiger partial charge in [0.05, 0.1) is 11.7 Å². The number of amides is 1. The molecule has 6 nitrogen and oxygen atoms in total. The highest BCUT2D eigenvalue weighted by Crippen LogP contribution is 2.45. The lowest BCUT2D eigenvalue weighted by Gasteiger charge is -2.13. The molecule has 154 valence electrons. The lowest BCUT2D eigenvalue weighted by Crippen LogP contribution is -2.26. The first-order valence-corrected chi connectivity index (χ1v) is 12.9. The van der Waals surface area contributed by atoms with Gasteiger partial charge in [0.15, 0.2) is 0 Å². The predicted octanol–water partition coefficient (Wildman–Crippen LogP) is 3.87. The van der Waals surface area contributed by atoms with Crippen molar-refractivity contribution in [2.45, 2.75) is 28.4 Å². The van der Waals surface area contributed by atoms with E-state index in [1.54, 1.807) is 6.07 Å². The van der Waals surface area contributed by atoms with Crippen molar-refractivity contribution in [2.24, 2.45) is 0 Å². The van der Waals surface area contributed by atoms with Crippen LogP contribution >= 0.6 is 23.5 Å². The third-order valence-corrected chi connectivity index (χ3v) is 9.30. The molecular weight excluding hydrogens is 428 g/mol. The molecular formula is C20H22N2O4S3. The molecule has 1 heterocycles. The number of hydrogen-bond acceptors (Lipinski definition) is 6. The topological polar surface area (TPSA) is 84.5 Å². The number of nitrogens with one attached hydrogen (secondary N) is 2.